The number of halogens is 2. The van der Waals surface area contributed by atoms with E-state index in [0.29, 0.717) is 18.8 Å². The first kappa shape index (κ1) is 16.3. The van der Waals surface area contributed by atoms with E-state index in [2.05, 4.69) is 4.90 Å². The van der Waals surface area contributed by atoms with Crippen molar-refractivity contribution in [3.8, 4) is 0 Å². The van der Waals surface area contributed by atoms with Crippen LogP contribution in [0.5, 0.6) is 0 Å². The Morgan fingerprint density at radius 1 is 1.04 bits per heavy atom. The minimum atomic E-state index is -0.954. The van der Waals surface area contributed by atoms with Gasteiger partial charge in [-0.25, -0.2) is 8.78 Å². The van der Waals surface area contributed by atoms with Crippen LogP contribution in [0.4, 0.5) is 14.5 Å². The second-order valence-electron chi connectivity index (χ2n) is 5.49. The van der Waals surface area contributed by atoms with Crippen molar-refractivity contribution in [1.82, 2.24) is 0 Å². The predicted octanol–water partition coefficient (Wildman–Crippen LogP) is 3.70. The first-order valence-electron chi connectivity index (χ1n) is 7.74. The third-order valence-electron chi connectivity index (χ3n) is 3.92. The van der Waals surface area contributed by atoms with Gasteiger partial charge in [-0.1, -0.05) is 12.1 Å². The topological polar surface area (TPSA) is 29.5 Å². The molecule has 1 aliphatic rings. The molecule has 3 rings (SSSR count). The first-order chi connectivity index (χ1) is 11.6. The van der Waals surface area contributed by atoms with Gasteiger partial charge in [-0.3, -0.25) is 4.79 Å². The molecule has 1 fully saturated rings. The van der Waals surface area contributed by atoms with Crippen LogP contribution in [0.1, 0.15) is 15.9 Å². The van der Waals surface area contributed by atoms with E-state index in [1.165, 1.54) is 24.3 Å². The zero-order valence-corrected chi connectivity index (χ0v) is 13.0. The summed E-state index contributed by atoms with van der Waals surface area (Å²) in [6, 6.07) is 11.1. The minimum absolute atomic E-state index is 0.0493. The molecule has 124 valence electrons. The molecule has 0 bridgehead atoms. The first-order valence-corrected chi connectivity index (χ1v) is 7.74. The largest absolute Gasteiger partial charge is 0.378 e. The third kappa shape index (κ3) is 3.68. The number of anilines is 1. The van der Waals surface area contributed by atoms with Crippen molar-refractivity contribution in [1.29, 1.82) is 0 Å². The number of morpholine rings is 1. The highest BCUT2D eigenvalue weighted by atomic mass is 19.2. The molecule has 1 heterocycles. The van der Waals surface area contributed by atoms with Gasteiger partial charge in [0.05, 0.1) is 13.2 Å². The summed E-state index contributed by atoms with van der Waals surface area (Å²) < 4.78 is 32.0. The van der Waals surface area contributed by atoms with Gasteiger partial charge in [0.1, 0.15) is 0 Å². The van der Waals surface area contributed by atoms with Gasteiger partial charge in [-0.05, 0) is 42.5 Å². The SMILES string of the molecule is O=C(C=Cc1cccc(F)c1F)c1ccc(N2CCOCC2)cc1. The maximum atomic E-state index is 13.6. The fraction of sp³-hybridized carbons (Fsp3) is 0.211. The van der Waals surface area contributed by atoms with E-state index in [4.69, 9.17) is 4.74 Å². The number of hydrogen-bond donors (Lipinski definition) is 0. The molecule has 0 atom stereocenters. The maximum Gasteiger partial charge on any atom is 0.185 e. The van der Waals surface area contributed by atoms with Crippen LogP contribution in [0.3, 0.4) is 0 Å². The van der Waals surface area contributed by atoms with Gasteiger partial charge >= 0.3 is 0 Å². The second kappa shape index (κ2) is 7.36. The van der Waals surface area contributed by atoms with Crippen molar-refractivity contribution in [2.75, 3.05) is 31.2 Å². The van der Waals surface area contributed by atoms with Gasteiger partial charge in [0, 0.05) is 29.9 Å². The molecule has 0 amide bonds. The summed E-state index contributed by atoms with van der Waals surface area (Å²) in [6.07, 6.45) is 2.54. The van der Waals surface area contributed by atoms with Crippen LogP contribution >= 0.6 is 0 Å². The van der Waals surface area contributed by atoms with Gasteiger partial charge < -0.3 is 9.64 Å². The van der Waals surface area contributed by atoms with Crippen LogP contribution in [-0.2, 0) is 4.74 Å². The van der Waals surface area contributed by atoms with Crippen molar-refractivity contribution >= 4 is 17.5 Å². The van der Waals surface area contributed by atoms with Crippen LogP contribution in [0.2, 0.25) is 0 Å². The van der Waals surface area contributed by atoms with Gasteiger partial charge in [-0.2, -0.15) is 0 Å². The van der Waals surface area contributed by atoms with Gasteiger partial charge in [0.25, 0.3) is 0 Å². The van der Waals surface area contributed by atoms with Crippen molar-refractivity contribution < 1.29 is 18.3 Å². The number of ketones is 1. The van der Waals surface area contributed by atoms with E-state index in [1.807, 2.05) is 12.1 Å². The fourth-order valence-electron chi connectivity index (χ4n) is 2.57. The smallest absolute Gasteiger partial charge is 0.185 e. The zero-order valence-electron chi connectivity index (χ0n) is 13.0. The van der Waals surface area contributed by atoms with E-state index < -0.39 is 11.6 Å². The van der Waals surface area contributed by atoms with Gasteiger partial charge in [0.2, 0.25) is 0 Å². The molecule has 0 radical (unpaired) electrons. The Bertz CT molecular complexity index is 750. The molecular formula is C19H17F2NO2. The number of nitrogens with zero attached hydrogens (tertiary/aromatic N) is 1. The quantitative estimate of drug-likeness (QED) is 0.633. The standard InChI is InChI=1S/C19H17F2NO2/c20-17-3-1-2-15(19(17)21)6-9-18(23)14-4-7-16(8-5-14)22-10-12-24-13-11-22/h1-9H,10-13H2. The Labute approximate surface area is 139 Å². The lowest BCUT2D eigenvalue weighted by Crippen LogP contribution is -2.36. The summed E-state index contributed by atoms with van der Waals surface area (Å²) in [7, 11) is 0. The number of allylic oxidation sites excluding steroid dienone is 1. The predicted molar refractivity (Wildman–Crippen MR) is 89.2 cm³/mol. The van der Waals surface area contributed by atoms with E-state index in [9.17, 15) is 13.6 Å². The van der Waals surface area contributed by atoms with Crippen molar-refractivity contribution in [2.45, 2.75) is 0 Å². The van der Waals surface area contributed by atoms with E-state index in [-0.39, 0.29) is 11.3 Å². The summed E-state index contributed by atoms with van der Waals surface area (Å²) >= 11 is 0. The maximum absolute atomic E-state index is 13.6. The Balaban J connectivity index is 1.70. The molecule has 2 aromatic rings. The van der Waals surface area contributed by atoms with E-state index in [1.54, 1.807) is 12.1 Å². The molecule has 0 unspecified atom stereocenters. The van der Waals surface area contributed by atoms with Crippen LogP contribution in [0, 0.1) is 11.6 Å². The lowest BCUT2D eigenvalue weighted by Gasteiger charge is -2.28. The highest BCUT2D eigenvalue weighted by molar-refractivity contribution is 6.07. The minimum Gasteiger partial charge on any atom is -0.378 e. The molecule has 1 aliphatic heterocycles. The molecule has 3 nitrogen and oxygen atoms in total. The fourth-order valence-corrected chi connectivity index (χ4v) is 2.57. The van der Waals surface area contributed by atoms with Gasteiger partial charge in [-0.15, -0.1) is 0 Å². The average molecular weight is 329 g/mol. The molecule has 0 N–H and O–H groups in total. The summed E-state index contributed by atoms with van der Waals surface area (Å²) in [5.41, 5.74) is 1.59. The molecule has 0 aliphatic carbocycles. The molecule has 5 heteroatoms. The number of rotatable bonds is 4. The van der Waals surface area contributed by atoms with Crippen LogP contribution < -0.4 is 4.90 Å². The number of ether oxygens (including phenoxy) is 1. The van der Waals surface area contributed by atoms with Gasteiger partial charge in [0.15, 0.2) is 17.4 Å². The number of carbonyl (C=O) groups is 1. The molecule has 2 aromatic carbocycles. The normalized spacial score (nSPS) is 15.0. The molecule has 0 aromatic heterocycles. The Kier molecular flexibility index (Phi) is 5.01. The summed E-state index contributed by atoms with van der Waals surface area (Å²) in [6.45, 7) is 3.04. The number of carbonyl (C=O) groups excluding carboxylic acids is 1. The molecule has 0 spiro atoms. The molecule has 0 saturated carbocycles. The van der Waals surface area contributed by atoms with Crippen molar-refractivity contribution in [3.63, 3.8) is 0 Å². The van der Waals surface area contributed by atoms with Crippen LogP contribution in [0.15, 0.2) is 48.5 Å². The Morgan fingerprint density at radius 3 is 2.46 bits per heavy atom. The molecule has 24 heavy (non-hydrogen) atoms. The van der Waals surface area contributed by atoms with Crippen molar-refractivity contribution in [2.24, 2.45) is 0 Å². The molecule has 1 saturated heterocycles. The zero-order chi connectivity index (χ0) is 16.9. The average Bonchev–Trinajstić information content (AvgIpc) is 2.63. The van der Waals surface area contributed by atoms with E-state index in [0.717, 1.165) is 24.8 Å². The van der Waals surface area contributed by atoms with Crippen LogP contribution in [-0.4, -0.2) is 32.1 Å². The summed E-state index contributed by atoms with van der Waals surface area (Å²) in [5, 5.41) is 0. The lowest BCUT2D eigenvalue weighted by molar-refractivity contribution is 0.104. The van der Waals surface area contributed by atoms with Crippen molar-refractivity contribution in [3.05, 3.63) is 71.3 Å². The highest BCUT2D eigenvalue weighted by Gasteiger charge is 2.12. The number of benzene rings is 2. The van der Waals surface area contributed by atoms with E-state index >= 15 is 0 Å². The molecular weight excluding hydrogens is 312 g/mol. The number of hydrogen-bond acceptors (Lipinski definition) is 3. The lowest BCUT2D eigenvalue weighted by atomic mass is 10.1. The summed E-state index contributed by atoms with van der Waals surface area (Å²) in [5.74, 6) is -2.14. The Morgan fingerprint density at radius 2 is 1.75 bits per heavy atom. The second-order valence-corrected chi connectivity index (χ2v) is 5.49. The Hall–Kier alpha value is -2.53. The van der Waals surface area contributed by atoms with Crippen LogP contribution in [0.25, 0.3) is 6.08 Å². The summed E-state index contributed by atoms with van der Waals surface area (Å²) in [4.78, 5) is 14.4. The monoisotopic (exact) mass is 329 g/mol. The highest BCUT2D eigenvalue weighted by Crippen LogP contribution is 2.18. The third-order valence-corrected chi connectivity index (χ3v) is 3.92.